The number of rotatable bonds is 4. The van der Waals surface area contributed by atoms with Crippen LogP contribution in [0.3, 0.4) is 0 Å². The fourth-order valence-corrected chi connectivity index (χ4v) is 5.45. The molecular weight excluding hydrogens is 685 g/mol. The van der Waals surface area contributed by atoms with E-state index in [0.29, 0.717) is 11.4 Å². The van der Waals surface area contributed by atoms with Crippen molar-refractivity contribution in [1.29, 1.82) is 0 Å². The zero-order chi connectivity index (χ0) is 27.2. The molecule has 0 saturated heterocycles. The Morgan fingerprint density at radius 3 is 2.20 bits per heavy atom. The number of fused-ring (bicyclic) bond motifs is 2. The summed E-state index contributed by atoms with van der Waals surface area (Å²) in [7, 11) is 0. The van der Waals surface area contributed by atoms with Crippen LogP contribution in [0.15, 0.2) is 115 Å². The molecule has 0 atom stereocenters. The van der Waals surface area contributed by atoms with E-state index in [1.165, 1.54) is 11.1 Å². The largest absolute Gasteiger partial charge is 0.507 e. The van der Waals surface area contributed by atoms with E-state index in [0.717, 1.165) is 49.9 Å². The summed E-state index contributed by atoms with van der Waals surface area (Å²) in [6.45, 7) is 4.19. The van der Waals surface area contributed by atoms with Gasteiger partial charge in [-0.2, -0.15) is 0 Å². The summed E-state index contributed by atoms with van der Waals surface area (Å²) < 4.78 is 2.12. The number of aromatic nitrogens is 3. The molecule has 0 amide bonds. The van der Waals surface area contributed by atoms with Crippen molar-refractivity contribution in [2.45, 2.75) is 13.8 Å². The van der Waals surface area contributed by atoms with Gasteiger partial charge in [-0.05, 0) is 55.6 Å². The Kier molecular flexibility index (Phi) is 7.03. The Balaban J connectivity index is 0.00000302. The van der Waals surface area contributed by atoms with Gasteiger partial charge in [-0.15, -0.1) is 35.4 Å². The van der Waals surface area contributed by atoms with Crippen LogP contribution in [0, 0.1) is 19.9 Å². The standard InChI is InChI=1S/C36H26N3O.Pt/c1-23-15-17-28(18-16-23)39-32-13-6-12-29(35(32)38-36(39)30-11-3-4-14-33(30)40)25-8-5-9-26(22-25)31-21-24(2)20-27-10-7-19-37-34(27)31;/h3-21,40H,1-2H3;/q-1;. The van der Waals surface area contributed by atoms with Crippen LogP contribution in [-0.2, 0) is 21.1 Å². The second-order valence-electron chi connectivity index (χ2n) is 10.2. The summed E-state index contributed by atoms with van der Waals surface area (Å²) in [4.78, 5) is 9.84. The average Bonchev–Trinajstić information content (AvgIpc) is 3.37. The van der Waals surface area contributed by atoms with E-state index >= 15 is 0 Å². The zero-order valence-electron chi connectivity index (χ0n) is 22.6. The number of hydrogen-bond acceptors (Lipinski definition) is 3. The number of imidazole rings is 1. The van der Waals surface area contributed by atoms with Crippen LogP contribution in [-0.4, -0.2) is 19.6 Å². The van der Waals surface area contributed by atoms with Gasteiger partial charge in [-0.1, -0.05) is 76.9 Å². The van der Waals surface area contributed by atoms with Crippen LogP contribution in [0.25, 0.3) is 61.3 Å². The molecule has 2 aromatic heterocycles. The molecule has 5 aromatic carbocycles. The number of benzene rings is 5. The van der Waals surface area contributed by atoms with E-state index in [1.807, 2.05) is 30.5 Å². The molecule has 5 heteroatoms. The number of hydrogen-bond donors (Lipinski definition) is 1. The van der Waals surface area contributed by atoms with Gasteiger partial charge >= 0.3 is 0 Å². The Morgan fingerprint density at radius 2 is 1.39 bits per heavy atom. The number of pyridine rings is 1. The van der Waals surface area contributed by atoms with E-state index in [2.05, 4.69) is 108 Å². The monoisotopic (exact) mass is 711 g/mol. The van der Waals surface area contributed by atoms with Crippen LogP contribution < -0.4 is 0 Å². The quantitative estimate of drug-likeness (QED) is 0.186. The van der Waals surface area contributed by atoms with Gasteiger partial charge in [0, 0.05) is 38.5 Å². The molecular formula is C36H26N3OPt-. The maximum atomic E-state index is 10.8. The number of aryl methyl sites for hydroxylation is 2. The van der Waals surface area contributed by atoms with Crippen molar-refractivity contribution in [3.63, 3.8) is 0 Å². The SMILES string of the molecule is Cc1ccc(-n2c(-c3ccccc3O)nc3c(-c4[c-]c(-c5cc(C)cc6cccnc56)ccc4)cccc32)cc1.[Pt]. The first-order chi connectivity index (χ1) is 19.6. The minimum atomic E-state index is 0. The Bertz CT molecular complexity index is 2040. The molecule has 0 saturated carbocycles. The number of aromatic hydroxyl groups is 1. The van der Waals surface area contributed by atoms with Gasteiger partial charge in [-0.3, -0.25) is 9.55 Å². The summed E-state index contributed by atoms with van der Waals surface area (Å²) >= 11 is 0. The molecule has 0 fully saturated rings. The predicted octanol–water partition coefficient (Wildman–Crippen LogP) is 8.69. The summed E-state index contributed by atoms with van der Waals surface area (Å²) in [5.74, 6) is 0.884. The predicted molar refractivity (Wildman–Crippen MR) is 163 cm³/mol. The number of phenols is 1. The summed E-state index contributed by atoms with van der Waals surface area (Å²) in [6.07, 6.45) is 1.84. The first-order valence-corrected chi connectivity index (χ1v) is 13.3. The van der Waals surface area contributed by atoms with E-state index in [9.17, 15) is 5.11 Å². The van der Waals surface area contributed by atoms with Gasteiger partial charge < -0.3 is 5.11 Å². The molecule has 41 heavy (non-hydrogen) atoms. The van der Waals surface area contributed by atoms with Gasteiger partial charge in [0.05, 0.1) is 16.6 Å². The van der Waals surface area contributed by atoms with Crippen molar-refractivity contribution in [1.82, 2.24) is 14.5 Å². The normalized spacial score (nSPS) is 11.1. The van der Waals surface area contributed by atoms with Gasteiger partial charge in [-0.25, -0.2) is 4.98 Å². The van der Waals surface area contributed by atoms with Crippen LogP contribution in [0.4, 0.5) is 0 Å². The Morgan fingerprint density at radius 1 is 0.659 bits per heavy atom. The van der Waals surface area contributed by atoms with Gasteiger partial charge in [0.1, 0.15) is 11.6 Å². The molecule has 4 nitrogen and oxygen atoms in total. The van der Waals surface area contributed by atoms with Crippen molar-refractivity contribution in [2.75, 3.05) is 0 Å². The van der Waals surface area contributed by atoms with Crippen LogP contribution in [0.5, 0.6) is 5.75 Å². The van der Waals surface area contributed by atoms with Crippen LogP contribution in [0.2, 0.25) is 0 Å². The van der Waals surface area contributed by atoms with E-state index < -0.39 is 0 Å². The molecule has 0 aliphatic rings. The van der Waals surface area contributed by atoms with Gasteiger partial charge in [0.25, 0.3) is 0 Å². The molecule has 0 aliphatic heterocycles. The molecule has 0 spiro atoms. The van der Waals surface area contributed by atoms with E-state index in [4.69, 9.17) is 4.98 Å². The number of para-hydroxylation sites is 2. The van der Waals surface area contributed by atoms with E-state index in [1.54, 1.807) is 6.07 Å². The second-order valence-corrected chi connectivity index (χ2v) is 10.2. The molecule has 0 unspecified atom stereocenters. The van der Waals surface area contributed by atoms with Crippen molar-refractivity contribution in [3.05, 3.63) is 133 Å². The maximum absolute atomic E-state index is 10.8. The molecule has 7 rings (SSSR count). The van der Waals surface area contributed by atoms with Crippen molar-refractivity contribution >= 4 is 21.9 Å². The summed E-state index contributed by atoms with van der Waals surface area (Å²) in [5.41, 5.74) is 10.8. The number of phenolic OH excluding ortho intramolecular Hbond substituents is 1. The van der Waals surface area contributed by atoms with Crippen molar-refractivity contribution < 1.29 is 26.2 Å². The van der Waals surface area contributed by atoms with Crippen LogP contribution >= 0.6 is 0 Å². The summed E-state index contributed by atoms with van der Waals surface area (Å²) in [5, 5.41) is 11.9. The maximum Gasteiger partial charge on any atom is 0.148 e. The third-order valence-corrected chi connectivity index (χ3v) is 7.35. The Labute approximate surface area is 253 Å². The third kappa shape index (κ3) is 4.75. The molecule has 202 valence electrons. The van der Waals surface area contributed by atoms with Crippen molar-refractivity contribution in [3.8, 4) is 45.1 Å². The fraction of sp³-hybridized carbons (Fsp3) is 0.0556. The summed E-state index contributed by atoms with van der Waals surface area (Å²) in [6, 6.07) is 40.3. The molecule has 0 radical (unpaired) electrons. The molecule has 7 aromatic rings. The molecule has 0 bridgehead atoms. The fourth-order valence-electron chi connectivity index (χ4n) is 5.45. The molecule has 1 N–H and O–H groups in total. The minimum absolute atomic E-state index is 0. The topological polar surface area (TPSA) is 50.9 Å². The minimum Gasteiger partial charge on any atom is -0.507 e. The third-order valence-electron chi connectivity index (χ3n) is 7.35. The van der Waals surface area contributed by atoms with E-state index in [-0.39, 0.29) is 26.8 Å². The smallest absolute Gasteiger partial charge is 0.148 e. The van der Waals surface area contributed by atoms with Crippen LogP contribution in [0.1, 0.15) is 11.1 Å². The Hall–Kier alpha value is -4.53. The average molecular weight is 712 g/mol. The van der Waals surface area contributed by atoms with Crippen molar-refractivity contribution in [2.24, 2.45) is 0 Å². The molecule has 2 heterocycles. The first kappa shape index (κ1) is 26.7. The zero-order valence-corrected chi connectivity index (χ0v) is 24.8. The van der Waals surface area contributed by atoms with Gasteiger partial charge in [0.15, 0.2) is 0 Å². The first-order valence-electron chi connectivity index (χ1n) is 13.3. The molecule has 0 aliphatic carbocycles. The van der Waals surface area contributed by atoms with Gasteiger partial charge in [0.2, 0.25) is 0 Å². The second kappa shape index (κ2) is 10.8. The number of nitrogens with zero attached hydrogens (tertiary/aromatic N) is 3.